The molecule has 9 unspecified atom stereocenters. The van der Waals surface area contributed by atoms with Crippen LogP contribution < -0.4 is 0 Å². The van der Waals surface area contributed by atoms with Crippen LogP contribution in [0.4, 0.5) is 0 Å². The molecule has 0 aliphatic heterocycles. The van der Waals surface area contributed by atoms with Gasteiger partial charge in [-0.1, -0.05) is 339 Å². The highest BCUT2D eigenvalue weighted by Gasteiger charge is 2.66. The van der Waals surface area contributed by atoms with Crippen molar-refractivity contribution in [1.29, 1.82) is 0 Å². The zero-order valence-corrected chi connectivity index (χ0v) is 99.9. The van der Waals surface area contributed by atoms with Crippen LogP contribution in [0.3, 0.4) is 0 Å². The molecule has 5 heteroatoms. The largest absolute Gasteiger partial charge is 0.393 e. The molecular formula is C140H232O5. The van der Waals surface area contributed by atoms with Crippen molar-refractivity contribution in [3.8, 4) is 0 Å². The van der Waals surface area contributed by atoms with Gasteiger partial charge in [0.2, 0.25) is 0 Å². The smallest absolute Gasteiger partial charge is 0.0578 e. The second-order valence-corrected chi connectivity index (χ2v) is 61.4. The summed E-state index contributed by atoms with van der Waals surface area (Å²) in [6, 6.07) is 0. The average molecular weight is 2000 g/mol. The van der Waals surface area contributed by atoms with Gasteiger partial charge in [0.15, 0.2) is 0 Å². The molecule has 20 aliphatic rings. The first kappa shape index (κ1) is 115. The second-order valence-electron chi connectivity index (χ2n) is 61.4. The van der Waals surface area contributed by atoms with Gasteiger partial charge < -0.3 is 25.5 Å². The highest BCUT2D eigenvalue weighted by molar-refractivity contribution is 5.40. The van der Waals surface area contributed by atoms with Crippen LogP contribution in [0.15, 0.2) is 106 Å². The number of hydrogen-bond donors (Lipinski definition) is 5. The third-order valence-electron chi connectivity index (χ3n) is 52.7. The number of fused-ring (bicyclic) bond motifs is 25. The van der Waals surface area contributed by atoms with Crippen molar-refractivity contribution in [2.45, 2.75) is 520 Å². The molecule has 0 heterocycles. The number of aliphatic hydroxyl groups excluding tert-OH is 5. The first-order valence-corrected chi connectivity index (χ1v) is 64.1. The minimum atomic E-state index is -0.116. The van der Waals surface area contributed by atoms with E-state index in [-0.39, 0.29) is 30.5 Å². The lowest BCUT2D eigenvalue weighted by molar-refractivity contribution is -0.0574. The van der Waals surface area contributed by atoms with E-state index in [1.54, 1.807) is 27.9 Å². The highest BCUT2D eigenvalue weighted by atomic mass is 16.3. The van der Waals surface area contributed by atoms with Gasteiger partial charge in [-0.05, 0) is 506 Å². The SMILES string of the molecule is CC(C)C(C)CC[C@@H](C)[C@H]1CC[C@H]2C3CC=C4C[C@@H](O)CC[C@]4(C)[C@H]3CC[C@]12C.CC(C)CCC[C@@H](C)[C@H]1CC[C@H]2C3CC=C4CC(O)CC[C@]4(C)C3CC[C@]12C.CC(C)[C@H](C)/C=C/[C@@H](C)[C@H]1CC[C@H]2C3=CC=C4C[C@@H](O)CC[C@]4(C)C3CC[C@]12C.CC(C)[C@H](C)/C=C/[C@@H](C)[C@H]1CC[C@H]2C3CC=C4C[C@@H](O)CC[C@]4(C)C3CC[C@]12C.CCC(/C=C/[C@@H](C)[C@H]1CC[C@H]2[C@@H]3CC=C4C[C@@H](O)CC[C@]4(C)[C@H]3CC[C@]12C)C(C)C. The minimum Gasteiger partial charge on any atom is -0.393 e. The van der Waals surface area contributed by atoms with Crippen molar-refractivity contribution in [2.24, 2.45) is 249 Å². The lowest BCUT2D eigenvalue weighted by atomic mass is 9.47. The molecule has 0 bridgehead atoms. The van der Waals surface area contributed by atoms with Crippen molar-refractivity contribution in [3.05, 3.63) is 106 Å². The Kier molecular flexibility index (Phi) is 36.4. The van der Waals surface area contributed by atoms with Crippen LogP contribution in [-0.4, -0.2) is 56.1 Å². The van der Waals surface area contributed by atoms with Crippen LogP contribution in [0.1, 0.15) is 490 Å². The number of rotatable bonds is 23. The average Bonchev–Trinajstić information content (AvgIpc) is 1.62. The molecule has 20 rings (SSSR count). The summed E-state index contributed by atoms with van der Waals surface area (Å²) < 4.78 is 0. The van der Waals surface area contributed by atoms with E-state index in [0.29, 0.717) is 83.7 Å². The van der Waals surface area contributed by atoms with Crippen molar-refractivity contribution >= 4 is 0 Å². The van der Waals surface area contributed by atoms with Gasteiger partial charge in [0.1, 0.15) is 0 Å². The van der Waals surface area contributed by atoms with E-state index < -0.39 is 0 Å². The first-order valence-electron chi connectivity index (χ1n) is 64.1. The summed E-state index contributed by atoms with van der Waals surface area (Å²) in [5.41, 5.74) is 14.3. The molecule has 5 nitrogen and oxygen atoms in total. The summed E-state index contributed by atoms with van der Waals surface area (Å²) in [5, 5.41) is 51.1. The lowest BCUT2D eigenvalue weighted by Gasteiger charge is -2.58. The van der Waals surface area contributed by atoms with Crippen molar-refractivity contribution in [3.63, 3.8) is 0 Å². The molecule has 43 atom stereocenters. The molecule has 20 aliphatic carbocycles. The predicted octanol–water partition coefficient (Wildman–Crippen LogP) is 37.6. The molecule has 0 aromatic heterocycles. The molecule has 0 radical (unpaired) electrons. The third-order valence-corrected chi connectivity index (χ3v) is 52.7. The van der Waals surface area contributed by atoms with Crippen LogP contribution in [0.25, 0.3) is 0 Å². The van der Waals surface area contributed by atoms with E-state index in [4.69, 9.17) is 0 Å². The van der Waals surface area contributed by atoms with Gasteiger partial charge in [-0.2, -0.15) is 0 Å². The highest BCUT2D eigenvalue weighted by Crippen LogP contribution is 2.75. The maximum absolute atomic E-state index is 10.2. The molecule has 145 heavy (non-hydrogen) atoms. The Morgan fingerprint density at radius 3 is 0.938 bits per heavy atom. The summed E-state index contributed by atoms with van der Waals surface area (Å²) in [7, 11) is 0. The van der Waals surface area contributed by atoms with E-state index >= 15 is 0 Å². The van der Waals surface area contributed by atoms with Gasteiger partial charge in [-0.15, -0.1) is 0 Å². The summed E-state index contributed by atoms with van der Waals surface area (Å²) >= 11 is 0. The fourth-order valence-corrected chi connectivity index (χ4v) is 42.0. The van der Waals surface area contributed by atoms with E-state index in [2.05, 4.69) is 274 Å². The molecule has 0 aromatic carbocycles. The quantitative estimate of drug-likeness (QED) is 0.0656. The minimum absolute atomic E-state index is 0.0766. The second kappa shape index (κ2) is 45.9. The fourth-order valence-electron chi connectivity index (χ4n) is 42.0. The molecule has 0 saturated heterocycles. The summed E-state index contributed by atoms with van der Waals surface area (Å²) in [6.07, 6.45) is 88.1. The molecule has 0 aromatic rings. The Balaban J connectivity index is 0.000000130. The summed E-state index contributed by atoms with van der Waals surface area (Å²) in [4.78, 5) is 0. The van der Waals surface area contributed by atoms with Crippen molar-refractivity contribution in [2.75, 3.05) is 0 Å². The van der Waals surface area contributed by atoms with Crippen molar-refractivity contribution < 1.29 is 25.5 Å². The van der Waals surface area contributed by atoms with E-state index in [1.165, 1.54) is 230 Å². The summed E-state index contributed by atoms with van der Waals surface area (Å²) in [5.74, 6) is 27.4. The molecular weight excluding hydrogens is 1760 g/mol. The van der Waals surface area contributed by atoms with Crippen LogP contribution in [-0.2, 0) is 0 Å². The van der Waals surface area contributed by atoms with Gasteiger partial charge in [-0.3, -0.25) is 0 Å². The van der Waals surface area contributed by atoms with E-state index in [9.17, 15) is 25.5 Å². The van der Waals surface area contributed by atoms with Crippen molar-refractivity contribution in [1.82, 2.24) is 0 Å². The molecule has 15 saturated carbocycles. The Bertz CT molecular complexity index is 4560. The Labute approximate surface area is 895 Å². The van der Waals surface area contributed by atoms with Gasteiger partial charge in [0, 0.05) is 0 Å². The maximum Gasteiger partial charge on any atom is 0.0578 e. The van der Waals surface area contributed by atoms with Gasteiger partial charge in [0.05, 0.1) is 30.5 Å². The van der Waals surface area contributed by atoms with Gasteiger partial charge >= 0.3 is 0 Å². The van der Waals surface area contributed by atoms with E-state index in [1.807, 2.05) is 0 Å². The zero-order chi connectivity index (χ0) is 105. The van der Waals surface area contributed by atoms with Crippen LogP contribution in [0, 0.1) is 249 Å². The standard InChI is InChI=1S/C29H48O.C28H48O.C28H46O.C28H44O.C27H46O/c1-7-21(19(2)3)9-8-20(4)25-12-13-26-24-11-10-22-18-23(30)14-16-28(22,5)27(24)15-17-29(25,26)6;3*1-18(2)19(3)7-8-20(4)24-11-12-25-23-10-9-21-17-22(29)13-15-27(21,5)26(23)14-16-28(24,25)6;1-18(2)7-6-8-19(3)23-11-12-24-22-10-9-20-17-21(28)13-15-26(20,4)25(22)14-16-27(23,24)5/h8-10,19-21,23-27,30H,7,11-18H2,1-6H3;9,18-20,22-26,29H,7-8,10-17H2,1-6H3;7-9,18-20,22-26,29H,10-17H2,1-6H3;7-10,18-20,22,24-26,29H,11-17H2,1-6H3;9,18-19,21-25,28H,6-8,10-17H2,1-5H3/b9-8+;;2*8-7+;/t20-,21?,23+,24+,25-,26+,27+,28+,29-;19?,20-,22+,23?,24-,25+,26+,27+,28-;19-,20-,22+,23?,24-,25+,26?,27+,28-;19-,20-,22+,24-,25+,26?,27+,28-;19-,21?,22?,23-,24+,25?,26+,27-/m11111/s1. The molecule has 0 spiro atoms. The first-order chi connectivity index (χ1) is 68.4. The Hall–Kier alpha value is -2.54. The van der Waals surface area contributed by atoms with Gasteiger partial charge in [0.25, 0.3) is 0 Å². The normalized spacial score (nSPS) is 45.9. The zero-order valence-electron chi connectivity index (χ0n) is 99.9. The number of hydrogen-bond acceptors (Lipinski definition) is 5. The Morgan fingerprint density at radius 2 is 0.593 bits per heavy atom. The molecule has 15 fully saturated rings. The topological polar surface area (TPSA) is 101 Å². The molecule has 822 valence electrons. The molecule has 0 amide bonds. The number of allylic oxidation sites excluding steroid dienone is 13. The number of aliphatic hydroxyl groups is 5. The van der Waals surface area contributed by atoms with Crippen LogP contribution in [0.2, 0.25) is 0 Å². The predicted molar refractivity (Wildman–Crippen MR) is 618 cm³/mol. The third kappa shape index (κ3) is 22.3. The van der Waals surface area contributed by atoms with Crippen LogP contribution >= 0.6 is 0 Å². The fraction of sp³-hybridized carbons (Fsp3) is 0.871. The monoisotopic (exact) mass is 1990 g/mol. The van der Waals surface area contributed by atoms with E-state index in [0.717, 1.165) is 230 Å². The maximum atomic E-state index is 10.2. The van der Waals surface area contributed by atoms with Crippen LogP contribution in [0.5, 0.6) is 0 Å². The Morgan fingerprint density at radius 1 is 0.276 bits per heavy atom. The summed E-state index contributed by atoms with van der Waals surface area (Å²) in [6.45, 7) is 71.8. The van der Waals surface area contributed by atoms with Gasteiger partial charge in [-0.25, -0.2) is 0 Å². The lowest BCUT2D eigenvalue weighted by Crippen LogP contribution is -2.50. The molecule has 5 N–H and O–H groups in total.